The number of hydrogen-bond donors (Lipinski definition) is 1. The summed E-state index contributed by atoms with van der Waals surface area (Å²) in [6.45, 7) is -0.706. The molecule has 0 saturated carbocycles. The molecule has 0 amide bonds. The number of pyridine rings is 1. The molecule has 0 aliphatic heterocycles. The topological polar surface area (TPSA) is 38.9 Å². The molecule has 0 saturated heterocycles. The number of fused-ring (bicyclic) bond motifs is 1. The summed E-state index contributed by atoms with van der Waals surface area (Å²) in [5.41, 5.74) is 5.26. The smallest absolute Gasteiger partial charge is 0.287 e. The highest BCUT2D eigenvalue weighted by molar-refractivity contribution is 5.85. The molecule has 1 aromatic carbocycles. The van der Waals surface area contributed by atoms with Gasteiger partial charge >= 0.3 is 0 Å². The summed E-state index contributed by atoms with van der Waals surface area (Å²) in [6, 6.07) is 8.16. The van der Waals surface area contributed by atoms with Crippen LogP contribution in [0, 0.1) is 0 Å². The van der Waals surface area contributed by atoms with Gasteiger partial charge in [-0.1, -0.05) is 24.3 Å². The fraction of sp³-hybridized carbons (Fsp3) is 0.182. The molecule has 17 heavy (non-hydrogen) atoms. The monoisotopic (exact) mass is 280 g/mol. The van der Waals surface area contributed by atoms with E-state index in [1.54, 1.807) is 24.3 Å². The molecule has 0 atom stereocenters. The van der Waals surface area contributed by atoms with E-state index >= 15 is 0 Å². The molecule has 2 N–H and O–H groups in total. The van der Waals surface area contributed by atoms with Crippen LogP contribution in [0.1, 0.15) is 5.56 Å². The molecule has 0 fully saturated rings. The first-order valence-corrected chi connectivity index (χ1v) is 4.57. The van der Waals surface area contributed by atoms with Crippen LogP contribution in [-0.2, 0) is 5.92 Å². The molecule has 0 aliphatic rings. The maximum Gasteiger partial charge on any atom is 0.287 e. The van der Waals surface area contributed by atoms with Gasteiger partial charge in [0, 0.05) is 17.1 Å². The van der Waals surface area contributed by atoms with Gasteiger partial charge in [0.1, 0.15) is 0 Å². The third-order valence-corrected chi connectivity index (χ3v) is 2.28. The van der Waals surface area contributed by atoms with Crippen molar-refractivity contribution in [1.82, 2.24) is 4.98 Å². The number of hydrogen-bond acceptors (Lipinski definition) is 2. The molecule has 2 rings (SSSR count). The minimum atomic E-state index is -3.02. The molecule has 1 aromatic heterocycles. The maximum absolute atomic E-state index is 13.5. The van der Waals surface area contributed by atoms with Gasteiger partial charge in [-0.05, 0) is 6.07 Å². The van der Waals surface area contributed by atoms with Gasteiger partial charge in [0.2, 0.25) is 0 Å². The first kappa shape index (κ1) is 16.0. The highest BCUT2D eigenvalue weighted by Gasteiger charge is 2.31. The average molecular weight is 281 g/mol. The van der Waals surface area contributed by atoms with E-state index in [1.807, 2.05) is 0 Å². The fourth-order valence-corrected chi connectivity index (χ4v) is 1.51. The second-order valence-corrected chi connectivity index (χ2v) is 3.29. The average Bonchev–Trinajstić information content (AvgIpc) is 2.28. The Morgan fingerprint density at radius 1 is 1.12 bits per heavy atom. The number of halogens is 4. The van der Waals surface area contributed by atoms with Crippen LogP contribution in [0.15, 0.2) is 36.5 Å². The molecule has 1 heterocycles. The van der Waals surface area contributed by atoms with Crippen molar-refractivity contribution in [2.24, 2.45) is 5.73 Å². The summed E-state index contributed by atoms with van der Waals surface area (Å²) in [7, 11) is 0. The number of nitrogens with zero attached hydrogens (tertiary/aromatic N) is 1. The number of rotatable bonds is 2. The van der Waals surface area contributed by atoms with Crippen LogP contribution >= 0.6 is 24.8 Å². The lowest BCUT2D eigenvalue weighted by Gasteiger charge is -2.15. The lowest BCUT2D eigenvalue weighted by molar-refractivity contribution is 0.00735. The summed E-state index contributed by atoms with van der Waals surface area (Å²) >= 11 is 0. The Morgan fingerprint density at radius 3 is 2.41 bits per heavy atom. The normalized spacial score (nSPS) is 10.5. The van der Waals surface area contributed by atoms with E-state index in [1.165, 1.54) is 12.3 Å². The van der Waals surface area contributed by atoms with E-state index in [2.05, 4.69) is 4.98 Å². The highest BCUT2D eigenvalue weighted by atomic mass is 35.5. The summed E-state index contributed by atoms with van der Waals surface area (Å²) in [4.78, 5) is 3.96. The molecule has 94 valence electrons. The Labute approximate surface area is 110 Å². The number of nitrogens with two attached hydrogens (primary N) is 1. The lowest BCUT2D eigenvalue weighted by atomic mass is 10.0. The molecular formula is C11H12Cl2F2N2. The van der Waals surface area contributed by atoms with Crippen molar-refractivity contribution >= 4 is 35.7 Å². The zero-order chi connectivity index (χ0) is 10.9. The molecule has 0 radical (unpaired) electrons. The summed E-state index contributed by atoms with van der Waals surface area (Å²) in [5.74, 6) is -3.02. The van der Waals surface area contributed by atoms with Crippen molar-refractivity contribution in [3.05, 3.63) is 42.1 Å². The van der Waals surface area contributed by atoms with E-state index in [-0.39, 0.29) is 30.4 Å². The maximum atomic E-state index is 13.5. The summed E-state index contributed by atoms with van der Waals surface area (Å²) in [5, 5.41) is 0.697. The Kier molecular flexibility index (Phi) is 5.75. The van der Waals surface area contributed by atoms with E-state index in [0.717, 1.165) is 0 Å². The van der Waals surface area contributed by atoms with Crippen LogP contribution in [0.4, 0.5) is 8.78 Å². The molecule has 2 nitrogen and oxygen atoms in total. The van der Waals surface area contributed by atoms with Gasteiger partial charge in [0.05, 0.1) is 12.1 Å². The minimum Gasteiger partial charge on any atom is -0.325 e. The Hall–Kier alpha value is -0.970. The van der Waals surface area contributed by atoms with Gasteiger partial charge in [-0.2, -0.15) is 8.78 Å². The van der Waals surface area contributed by atoms with Crippen LogP contribution < -0.4 is 5.73 Å². The largest absolute Gasteiger partial charge is 0.325 e. The van der Waals surface area contributed by atoms with Crippen molar-refractivity contribution in [2.45, 2.75) is 5.92 Å². The molecule has 0 aliphatic carbocycles. The first-order chi connectivity index (χ1) is 7.15. The Balaban J connectivity index is 0.00000128. The SMILES string of the molecule is Cl.Cl.NCC(F)(F)c1cccc2cccnc12. The molecule has 2 aromatic rings. The van der Waals surface area contributed by atoms with Crippen molar-refractivity contribution in [3.63, 3.8) is 0 Å². The fourth-order valence-electron chi connectivity index (χ4n) is 1.51. The second-order valence-electron chi connectivity index (χ2n) is 3.29. The van der Waals surface area contributed by atoms with Gasteiger partial charge in [-0.3, -0.25) is 4.98 Å². The highest BCUT2D eigenvalue weighted by Crippen LogP contribution is 2.31. The van der Waals surface area contributed by atoms with Crippen molar-refractivity contribution in [1.29, 1.82) is 0 Å². The van der Waals surface area contributed by atoms with Crippen LogP contribution in [0.3, 0.4) is 0 Å². The zero-order valence-electron chi connectivity index (χ0n) is 8.77. The standard InChI is InChI=1S/C11H10F2N2.2ClH/c12-11(13,7-14)9-5-1-3-8-4-2-6-15-10(8)9;;/h1-6H,7,14H2;2*1H. The van der Waals surface area contributed by atoms with Crippen molar-refractivity contribution < 1.29 is 8.78 Å². The van der Waals surface area contributed by atoms with Gasteiger partial charge < -0.3 is 5.73 Å². The van der Waals surface area contributed by atoms with Gasteiger partial charge in [-0.15, -0.1) is 24.8 Å². The quantitative estimate of drug-likeness (QED) is 0.918. The summed E-state index contributed by atoms with van der Waals surface area (Å²) in [6.07, 6.45) is 1.50. The van der Waals surface area contributed by atoms with Gasteiger partial charge in [0.25, 0.3) is 5.92 Å². The van der Waals surface area contributed by atoms with Crippen molar-refractivity contribution in [2.75, 3.05) is 6.54 Å². The molecular weight excluding hydrogens is 269 g/mol. The third-order valence-electron chi connectivity index (χ3n) is 2.28. The van der Waals surface area contributed by atoms with Gasteiger partial charge in [0.15, 0.2) is 0 Å². The summed E-state index contributed by atoms with van der Waals surface area (Å²) < 4.78 is 26.9. The van der Waals surface area contributed by atoms with Crippen molar-refractivity contribution in [3.8, 4) is 0 Å². The minimum absolute atomic E-state index is 0. The Bertz CT molecular complexity index is 486. The van der Waals surface area contributed by atoms with E-state index < -0.39 is 12.5 Å². The Morgan fingerprint density at radius 2 is 1.76 bits per heavy atom. The molecule has 0 spiro atoms. The van der Waals surface area contributed by atoms with E-state index in [9.17, 15) is 8.78 Å². The predicted octanol–water partition coefficient (Wildman–Crippen LogP) is 3.13. The molecule has 0 unspecified atom stereocenters. The third kappa shape index (κ3) is 3.03. The molecule has 0 bridgehead atoms. The van der Waals surface area contributed by atoms with E-state index in [0.29, 0.717) is 10.9 Å². The zero-order valence-corrected chi connectivity index (χ0v) is 10.4. The first-order valence-electron chi connectivity index (χ1n) is 4.57. The molecule has 6 heteroatoms. The second kappa shape index (κ2) is 6.10. The van der Waals surface area contributed by atoms with Crippen LogP contribution in [-0.4, -0.2) is 11.5 Å². The number of alkyl halides is 2. The predicted molar refractivity (Wildman–Crippen MR) is 69.2 cm³/mol. The lowest BCUT2D eigenvalue weighted by Crippen LogP contribution is -2.25. The number of aromatic nitrogens is 1. The van der Waals surface area contributed by atoms with Gasteiger partial charge in [-0.25, -0.2) is 0 Å². The van der Waals surface area contributed by atoms with Crippen LogP contribution in [0.25, 0.3) is 10.9 Å². The number of para-hydroxylation sites is 1. The van der Waals surface area contributed by atoms with Crippen LogP contribution in [0.2, 0.25) is 0 Å². The van der Waals surface area contributed by atoms with Crippen LogP contribution in [0.5, 0.6) is 0 Å². The van der Waals surface area contributed by atoms with E-state index in [4.69, 9.17) is 5.73 Å². The number of benzene rings is 1.